The number of hydrogen-bond donors (Lipinski definition) is 0. The topological polar surface area (TPSA) is 0 Å². The first-order valence-electron chi connectivity index (χ1n) is 3.23. The summed E-state index contributed by atoms with van der Waals surface area (Å²) in [4.78, 5) is 0. The largest absolute Gasteiger partial charge is 0.103 e. The third kappa shape index (κ3) is 3.77. The first kappa shape index (κ1) is 8.22. The van der Waals surface area contributed by atoms with Crippen LogP contribution in [0.5, 0.6) is 0 Å². The molecule has 0 saturated carbocycles. The van der Waals surface area contributed by atoms with Gasteiger partial charge in [0.2, 0.25) is 0 Å². The fourth-order valence-corrected chi connectivity index (χ4v) is 0.633. The van der Waals surface area contributed by atoms with Gasteiger partial charge in [-0.2, -0.15) is 0 Å². The van der Waals surface area contributed by atoms with E-state index in [0.717, 1.165) is 12.8 Å². The zero-order chi connectivity index (χ0) is 7.11. The lowest BCUT2D eigenvalue weighted by molar-refractivity contribution is 1.01. The molecule has 0 atom stereocenters. The molecule has 0 aliphatic heterocycles. The molecule has 0 fully saturated rings. The van der Waals surface area contributed by atoms with E-state index in [-0.39, 0.29) is 0 Å². The molecule has 0 radical (unpaired) electrons. The molecule has 0 heterocycles. The van der Waals surface area contributed by atoms with Crippen molar-refractivity contribution >= 4 is 0 Å². The minimum atomic E-state index is 1.05. The smallest absolute Gasteiger partial charge is 0.0248 e. The summed E-state index contributed by atoms with van der Waals surface area (Å²) in [6, 6.07) is 0. The minimum Gasteiger partial charge on any atom is -0.103 e. The van der Waals surface area contributed by atoms with Crippen molar-refractivity contribution in [1.82, 2.24) is 0 Å². The number of rotatable bonds is 4. The molecule has 0 heteroatoms. The Balaban J connectivity index is 3.57. The lowest BCUT2D eigenvalue weighted by atomic mass is 10.1. The zero-order valence-electron chi connectivity index (χ0n) is 6.06. The highest BCUT2D eigenvalue weighted by molar-refractivity contribution is 5.15. The van der Waals surface area contributed by atoms with Crippen LogP contribution in [-0.2, 0) is 0 Å². The first-order chi connectivity index (χ1) is 4.35. The van der Waals surface area contributed by atoms with Crippen LogP contribution in [0.15, 0.2) is 37.0 Å². The second-order valence-corrected chi connectivity index (χ2v) is 1.90. The van der Waals surface area contributed by atoms with Gasteiger partial charge in [0.05, 0.1) is 0 Å². The Bertz CT molecular complexity index is 118. The molecule has 0 nitrogen and oxygen atoms in total. The van der Waals surface area contributed by atoms with Gasteiger partial charge in [-0.25, -0.2) is 0 Å². The van der Waals surface area contributed by atoms with E-state index in [9.17, 15) is 0 Å². The lowest BCUT2D eigenvalue weighted by Crippen LogP contribution is -1.74. The van der Waals surface area contributed by atoms with Gasteiger partial charge in [-0.3, -0.25) is 0 Å². The maximum absolute atomic E-state index is 3.68. The molecule has 0 aliphatic rings. The lowest BCUT2D eigenvalue weighted by Gasteiger charge is -1.94. The fourth-order valence-electron chi connectivity index (χ4n) is 0.633. The predicted molar refractivity (Wildman–Crippen MR) is 43.4 cm³/mol. The van der Waals surface area contributed by atoms with Crippen molar-refractivity contribution in [2.45, 2.75) is 19.8 Å². The summed E-state index contributed by atoms with van der Waals surface area (Å²) in [5.41, 5.74) is 1.30. The highest BCUT2D eigenvalue weighted by atomic mass is 13.9. The molecule has 0 aromatic rings. The van der Waals surface area contributed by atoms with Gasteiger partial charge in [-0.1, -0.05) is 30.4 Å². The number of allylic oxidation sites excluding steroid dienone is 4. The molecular weight excluding hydrogens is 108 g/mol. The van der Waals surface area contributed by atoms with Crippen molar-refractivity contribution in [3.63, 3.8) is 0 Å². The Kier molecular flexibility index (Phi) is 4.89. The summed E-state index contributed by atoms with van der Waals surface area (Å²) in [7, 11) is 0. The predicted octanol–water partition coefficient (Wildman–Crippen LogP) is 3.08. The Morgan fingerprint density at radius 3 is 2.44 bits per heavy atom. The van der Waals surface area contributed by atoms with Crippen LogP contribution in [0.2, 0.25) is 0 Å². The zero-order valence-corrected chi connectivity index (χ0v) is 6.06. The fraction of sp³-hybridized carbons (Fsp3) is 0.333. The van der Waals surface area contributed by atoms with Gasteiger partial charge in [-0.05, 0) is 19.8 Å². The van der Waals surface area contributed by atoms with Crippen molar-refractivity contribution in [3.8, 4) is 0 Å². The molecule has 0 saturated heterocycles. The molecule has 0 rings (SSSR count). The highest BCUT2D eigenvalue weighted by Gasteiger charge is 1.84. The van der Waals surface area contributed by atoms with Crippen LogP contribution < -0.4 is 0 Å². The molecular formula is C9H14. The summed E-state index contributed by atoms with van der Waals surface area (Å²) < 4.78 is 0. The van der Waals surface area contributed by atoms with E-state index in [0.29, 0.717) is 0 Å². The third-order valence-electron chi connectivity index (χ3n) is 1.27. The van der Waals surface area contributed by atoms with Crippen molar-refractivity contribution < 1.29 is 0 Å². The quantitative estimate of drug-likeness (QED) is 0.397. The minimum absolute atomic E-state index is 1.05. The second-order valence-electron chi connectivity index (χ2n) is 1.90. The molecule has 0 spiro atoms. The molecule has 50 valence electrons. The molecule has 0 aromatic carbocycles. The molecule has 0 unspecified atom stereocenters. The number of hydrogen-bond acceptors (Lipinski definition) is 0. The molecule has 0 amide bonds. The Hall–Kier alpha value is -0.780. The van der Waals surface area contributed by atoms with Crippen molar-refractivity contribution in [3.05, 3.63) is 37.0 Å². The normalized spacial score (nSPS) is 11.0. The van der Waals surface area contributed by atoms with E-state index < -0.39 is 0 Å². The van der Waals surface area contributed by atoms with E-state index in [4.69, 9.17) is 0 Å². The van der Waals surface area contributed by atoms with Crippen LogP contribution in [0.4, 0.5) is 0 Å². The van der Waals surface area contributed by atoms with E-state index in [1.807, 2.05) is 19.1 Å². The van der Waals surface area contributed by atoms with Crippen LogP contribution >= 0.6 is 0 Å². The molecule has 0 aliphatic carbocycles. The van der Waals surface area contributed by atoms with E-state index in [1.54, 1.807) is 0 Å². The summed E-state index contributed by atoms with van der Waals surface area (Å²) in [6.07, 6.45) is 8.02. The maximum Gasteiger partial charge on any atom is -0.0248 e. The summed E-state index contributed by atoms with van der Waals surface area (Å²) >= 11 is 0. The van der Waals surface area contributed by atoms with Crippen LogP contribution in [0, 0.1) is 0 Å². The van der Waals surface area contributed by atoms with Gasteiger partial charge in [0, 0.05) is 0 Å². The van der Waals surface area contributed by atoms with Crippen LogP contribution in [0.1, 0.15) is 19.8 Å². The van der Waals surface area contributed by atoms with Crippen LogP contribution in [-0.4, -0.2) is 0 Å². The monoisotopic (exact) mass is 122 g/mol. The summed E-state index contributed by atoms with van der Waals surface area (Å²) in [5, 5.41) is 0. The van der Waals surface area contributed by atoms with Gasteiger partial charge >= 0.3 is 0 Å². The highest BCUT2D eigenvalue weighted by Crippen LogP contribution is 2.04. The van der Waals surface area contributed by atoms with E-state index in [2.05, 4.69) is 19.2 Å². The Labute approximate surface area is 57.6 Å². The van der Waals surface area contributed by atoms with E-state index in [1.165, 1.54) is 5.57 Å². The van der Waals surface area contributed by atoms with Gasteiger partial charge in [0.1, 0.15) is 0 Å². The van der Waals surface area contributed by atoms with Gasteiger partial charge < -0.3 is 0 Å². The molecule has 0 aromatic heterocycles. The van der Waals surface area contributed by atoms with Crippen molar-refractivity contribution in [2.24, 2.45) is 0 Å². The van der Waals surface area contributed by atoms with Gasteiger partial charge in [0.15, 0.2) is 0 Å². The Morgan fingerprint density at radius 2 is 2.11 bits per heavy atom. The SMILES string of the molecule is C=CCC/C(C=C)=C/C. The summed E-state index contributed by atoms with van der Waals surface area (Å²) in [5.74, 6) is 0. The second kappa shape index (κ2) is 5.36. The van der Waals surface area contributed by atoms with Crippen LogP contribution in [0.3, 0.4) is 0 Å². The third-order valence-corrected chi connectivity index (χ3v) is 1.27. The van der Waals surface area contributed by atoms with E-state index >= 15 is 0 Å². The standard InChI is InChI=1S/C9H14/c1-4-7-8-9(5-2)6-3/h4-6H,1-2,7-8H2,3H3/b9-6+. The molecule has 9 heavy (non-hydrogen) atoms. The average Bonchev–Trinajstić information content (AvgIpc) is 1.91. The summed E-state index contributed by atoms with van der Waals surface area (Å²) in [6.45, 7) is 9.35. The maximum atomic E-state index is 3.68. The molecule has 0 N–H and O–H groups in total. The first-order valence-corrected chi connectivity index (χ1v) is 3.23. The van der Waals surface area contributed by atoms with Crippen molar-refractivity contribution in [2.75, 3.05) is 0 Å². The molecule has 0 bridgehead atoms. The Morgan fingerprint density at radius 1 is 1.44 bits per heavy atom. The van der Waals surface area contributed by atoms with Crippen molar-refractivity contribution in [1.29, 1.82) is 0 Å². The van der Waals surface area contributed by atoms with Crippen LogP contribution in [0.25, 0.3) is 0 Å². The average molecular weight is 122 g/mol. The van der Waals surface area contributed by atoms with Gasteiger partial charge in [0.25, 0.3) is 0 Å². The van der Waals surface area contributed by atoms with Gasteiger partial charge in [-0.15, -0.1) is 6.58 Å².